The van der Waals surface area contributed by atoms with Gasteiger partial charge in [-0.1, -0.05) is 28.1 Å². The molecule has 3 nitrogen and oxygen atoms in total. The number of rotatable bonds is 8. The van der Waals surface area contributed by atoms with Crippen LogP contribution in [0.1, 0.15) is 25.5 Å². The quantitative estimate of drug-likeness (QED) is 0.686. The summed E-state index contributed by atoms with van der Waals surface area (Å²) in [6.07, 6.45) is 0.0780. The minimum absolute atomic E-state index is 0.00977. The maximum atomic E-state index is 5.96. The summed E-state index contributed by atoms with van der Waals surface area (Å²) in [5.74, 6) is 0.847. The largest absolute Gasteiger partial charge is 0.497 e. The van der Waals surface area contributed by atoms with Gasteiger partial charge in [0.1, 0.15) is 5.75 Å². The maximum absolute atomic E-state index is 5.96. The number of halogens is 1. The number of methoxy groups -OCH3 is 1. The van der Waals surface area contributed by atoms with Crippen molar-refractivity contribution >= 4 is 15.9 Å². The normalized spacial score (nSPS) is 14.2. The average Bonchev–Trinajstić information content (AvgIpc) is 2.42. The summed E-state index contributed by atoms with van der Waals surface area (Å²) in [7, 11) is 1.67. The van der Waals surface area contributed by atoms with E-state index in [-0.39, 0.29) is 12.2 Å². The van der Waals surface area contributed by atoms with E-state index in [1.54, 1.807) is 7.11 Å². The molecule has 0 aliphatic rings. The van der Waals surface area contributed by atoms with Crippen molar-refractivity contribution < 1.29 is 14.2 Å². The molecule has 102 valence electrons. The lowest BCUT2D eigenvalue weighted by Gasteiger charge is -2.21. The zero-order valence-corrected chi connectivity index (χ0v) is 12.8. The molecule has 0 bridgehead atoms. The molecule has 18 heavy (non-hydrogen) atoms. The molecule has 1 aromatic carbocycles. The van der Waals surface area contributed by atoms with E-state index in [2.05, 4.69) is 15.9 Å². The summed E-state index contributed by atoms with van der Waals surface area (Å²) < 4.78 is 16.5. The van der Waals surface area contributed by atoms with Gasteiger partial charge in [-0.3, -0.25) is 0 Å². The van der Waals surface area contributed by atoms with Crippen molar-refractivity contribution in [2.45, 2.75) is 26.1 Å². The molecule has 0 saturated heterocycles. The number of alkyl halides is 1. The maximum Gasteiger partial charge on any atom is 0.119 e. The Kier molecular flexibility index (Phi) is 7.32. The standard InChI is InChI=1S/C14H21BrO3/c1-4-17-10-11(2)18-14(9-15)12-6-5-7-13(8-12)16-3/h5-8,11,14H,4,9-10H2,1-3H3. The van der Waals surface area contributed by atoms with E-state index in [4.69, 9.17) is 14.2 Å². The Bertz CT molecular complexity index is 344. The first kappa shape index (κ1) is 15.5. The molecule has 2 atom stereocenters. The summed E-state index contributed by atoms with van der Waals surface area (Å²) in [5.41, 5.74) is 1.11. The summed E-state index contributed by atoms with van der Waals surface area (Å²) in [5, 5.41) is 0.747. The van der Waals surface area contributed by atoms with Crippen LogP contribution in [0.25, 0.3) is 0 Å². The summed E-state index contributed by atoms with van der Waals surface area (Å²) in [6, 6.07) is 7.94. The lowest BCUT2D eigenvalue weighted by Crippen LogP contribution is -2.20. The molecule has 1 rings (SSSR count). The molecular weight excluding hydrogens is 296 g/mol. The minimum Gasteiger partial charge on any atom is -0.497 e. The van der Waals surface area contributed by atoms with Crippen molar-refractivity contribution in [2.75, 3.05) is 25.7 Å². The molecule has 4 heteroatoms. The van der Waals surface area contributed by atoms with Gasteiger partial charge < -0.3 is 14.2 Å². The molecule has 0 fully saturated rings. The molecule has 0 spiro atoms. The van der Waals surface area contributed by atoms with E-state index in [1.165, 1.54) is 0 Å². The van der Waals surface area contributed by atoms with Gasteiger partial charge in [-0.25, -0.2) is 0 Å². The second kappa shape index (κ2) is 8.51. The highest BCUT2D eigenvalue weighted by atomic mass is 79.9. The van der Waals surface area contributed by atoms with Crippen molar-refractivity contribution in [3.63, 3.8) is 0 Å². The van der Waals surface area contributed by atoms with E-state index < -0.39 is 0 Å². The number of ether oxygens (including phenoxy) is 3. The van der Waals surface area contributed by atoms with Crippen molar-refractivity contribution in [1.29, 1.82) is 0 Å². The lowest BCUT2D eigenvalue weighted by atomic mass is 10.1. The Morgan fingerprint density at radius 3 is 2.72 bits per heavy atom. The number of hydrogen-bond acceptors (Lipinski definition) is 3. The van der Waals surface area contributed by atoms with E-state index in [0.717, 1.165) is 16.6 Å². The van der Waals surface area contributed by atoms with Crippen molar-refractivity contribution in [3.05, 3.63) is 29.8 Å². The van der Waals surface area contributed by atoms with Crippen LogP contribution >= 0.6 is 15.9 Å². The lowest BCUT2D eigenvalue weighted by molar-refractivity contribution is -0.0383. The molecule has 0 aliphatic heterocycles. The van der Waals surface area contributed by atoms with E-state index in [1.807, 2.05) is 38.1 Å². The van der Waals surface area contributed by atoms with Crippen LogP contribution in [-0.2, 0) is 9.47 Å². The fraction of sp³-hybridized carbons (Fsp3) is 0.571. The number of hydrogen-bond donors (Lipinski definition) is 0. The minimum atomic E-state index is 0.00977. The first-order chi connectivity index (χ1) is 8.71. The SMILES string of the molecule is CCOCC(C)OC(CBr)c1cccc(OC)c1. The Hall–Kier alpha value is -0.580. The topological polar surface area (TPSA) is 27.7 Å². The van der Waals surface area contributed by atoms with Gasteiger partial charge in [0.05, 0.1) is 25.9 Å². The van der Waals surface area contributed by atoms with Gasteiger partial charge in [0, 0.05) is 11.9 Å². The molecule has 0 heterocycles. The van der Waals surface area contributed by atoms with Gasteiger partial charge >= 0.3 is 0 Å². The highest BCUT2D eigenvalue weighted by molar-refractivity contribution is 9.09. The van der Waals surface area contributed by atoms with Gasteiger partial charge in [0.15, 0.2) is 0 Å². The van der Waals surface area contributed by atoms with Gasteiger partial charge in [-0.15, -0.1) is 0 Å². The van der Waals surface area contributed by atoms with E-state index in [9.17, 15) is 0 Å². The van der Waals surface area contributed by atoms with Crippen LogP contribution < -0.4 is 4.74 Å². The summed E-state index contributed by atoms with van der Waals surface area (Å²) in [6.45, 7) is 5.33. The zero-order valence-electron chi connectivity index (χ0n) is 11.2. The Labute approximate surface area is 118 Å². The van der Waals surface area contributed by atoms with Crippen LogP contribution in [0.15, 0.2) is 24.3 Å². The second-order valence-electron chi connectivity index (χ2n) is 4.03. The zero-order chi connectivity index (χ0) is 13.4. The summed E-state index contributed by atoms with van der Waals surface area (Å²) in [4.78, 5) is 0. The van der Waals surface area contributed by atoms with Gasteiger partial charge in [0.25, 0.3) is 0 Å². The van der Waals surface area contributed by atoms with Crippen LogP contribution in [-0.4, -0.2) is 31.8 Å². The van der Waals surface area contributed by atoms with E-state index in [0.29, 0.717) is 13.2 Å². The third kappa shape index (κ3) is 4.96. The van der Waals surface area contributed by atoms with Crippen molar-refractivity contribution in [1.82, 2.24) is 0 Å². The molecule has 2 unspecified atom stereocenters. The third-order valence-electron chi connectivity index (χ3n) is 2.56. The highest BCUT2D eigenvalue weighted by Gasteiger charge is 2.15. The number of benzene rings is 1. The molecule has 0 aromatic heterocycles. The predicted octanol–water partition coefficient (Wildman–Crippen LogP) is 3.57. The Morgan fingerprint density at radius 1 is 1.33 bits per heavy atom. The molecule has 0 aliphatic carbocycles. The average molecular weight is 317 g/mol. The first-order valence-electron chi connectivity index (χ1n) is 6.14. The molecule has 0 amide bonds. The van der Waals surface area contributed by atoms with Gasteiger partial charge in [-0.05, 0) is 31.5 Å². The van der Waals surface area contributed by atoms with Crippen molar-refractivity contribution in [2.24, 2.45) is 0 Å². The molecular formula is C14H21BrO3. The molecule has 1 aromatic rings. The Morgan fingerprint density at radius 2 is 2.11 bits per heavy atom. The second-order valence-corrected chi connectivity index (χ2v) is 4.67. The van der Waals surface area contributed by atoms with Crippen LogP contribution in [0.4, 0.5) is 0 Å². The van der Waals surface area contributed by atoms with Gasteiger partial charge in [-0.2, -0.15) is 0 Å². The van der Waals surface area contributed by atoms with Gasteiger partial charge in [0.2, 0.25) is 0 Å². The van der Waals surface area contributed by atoms with E-state index >= 15 is 0 Å². The summed E-state index contributed by atoms with van der Waals surface area (Å²) >= 11 is 3.49. The molecule has 0 N–H and O–H groups in total. The molecule has 0 radical (unpaired) electrons. The fourth-order valence-corrected chi connectivity index (χ4v) is 2.18. The van der Waals surface area contributed by atoms with Crippen LogP contribution in [0.5, 0.6) is 5.75 Å². The predicted molar refractivity (Wildman–Crippen MR) is 76.6 cm³/mol. The van der Waals surface area contributed by atoms with Crippen molar-refractivity contribution in [3.8, 4) is 5.75 Å². The van der Waals surface area contributed by atoms with Crippen LogP contribution in [0.3, 0.4) is 0 Å². The third-order valence-corrected chi connectivity index (χ3v) is 3.15. The smallest absolute Gasteiger partial charge is 0.119 e. The van der Waals surface area contributed by atoms with Crippen LogP contribution in [0.2, 0.25) is 0 Å². The first-order valence-corrected chi connectivity index (χ1v) is 7.26. The van der Waals surface area contributed by atoms with Crippen LogP contribution in [0, 0.1) is 0 Å². The highest BCUT2D eigenvalue weighted by Crippen LogP contribution is 2.25. The monoisotopic (exact) mass is 316 g/mol. The Balaban J connectivity index is 2.64. The molecule has 0 saturated carbocycles. The fourth-order valence-electron chi connectivity index (χ4n) is 1.65.